The molecule has 2 aromatic carbocycles. The van der Waals surface area contributed by atoms with E-state index in [9.17, 15) is 4.79 Å². The van der Waals surface area contributed by atoms with Crippen molar-refractivity contribution in [1.82, 2.24) is 4.90 Å². The lowest BCUT2D eigenvalue weighted by atomic mass is 9.84. The Morgan fingerprint density at radius 2 is 1.74 bits per heavy atom. The SMILES string of the molecule is COCc1ccc([C@H](C)N2CCC(CCCO[Si](C)(C)C(C)(C)C)(c3ccccc3)OC2=O)cc1. The fourth-order valence-corrected chi connectivity index (χ4v) is 5.51. The lowest BCUT2D eigenvalue weighted by Crippen LogP contribution is -2.49. The minimum Gasteiger partial charge on any atom is -0.438 e. The first-order valence-corrected chi connectivity index (χ1v) is 15.7. The van der Waals surface area contributed by atoms with E-state index in [1.165, 1.54) is 0 Å². The summed E-state index contributed by atoms with van der Waals surface area (Å²) < 4.78 is 17.9. The Balaban J connectivity index is 1.70. The lowest BCUT2D eigenvalue weighted by Gasteiger charge is -2.44. The van der Waals surface area contributed by atoms with E-state index in [4.69, 9.17) is 13.9 Å². The molecule has 2 aromatic rings. The highest BCUT2D eigenvalue weighted by molar-refractivity contribution is 6.74. The molecule has 35 heavy (non-hydrogen) atoms. The molecule has 1 aliphatic heterocycles. The van der Waals surface area contributed by atoms with Gasteiger partial charge in [0, 0.05) is 26.7 Å². The van der Waals surface area contributed by atoms with Gasteiger partial charge >= 0.3 is 6.09 Å². The fraction of sp³-hybridized carbons (Fsp3) is 0.552. The van der Waals surface area contributed by atoms with E-state index < -0.39 is 13.9 Å². The van der Waals surface area contributed by atoms with E-state index in [2.05, 4.69) is 77.2 Å². The van der Waals surface area contributed by atoms with Crippen LogP contribution in [0.25, 0.3) is 0 Å². The van der Waals surface area contributed by atoms with Crippen LogP contribution in [-0.2, 0) is 26.1 Å². The van der Waals surface area contributed by atoms with Gasteiger partial charge in [-0.1, -0.05) is 75.4 Å². The van der Waals surface area contributed by atoms with Crippen LogP contribution in [0.15, 0.2) is 54.6 Å². The first kappa shape index (κ1) is 27.4. The Bertz CT molecular complexity index is 955. The average molecular weight is 498 g/mol. The van der Waals surface area contributed by atoms with Gasteiger partial charge in [-0.15, -0.1) is 0 Å². The first-order chi connectivity index (χ1) is 16.5. The summed E-state index contributed by atoms with van der Waals surface area (Å²) >= 11 is 0. The first-order valence-electron chi connectivity index (χ1n) is 12.8. The van der Waals surface area contributed by atoms with Crippen molar-refractivity contribution >= 4 is 14.4 Å². The van der Waals surface area contributed by atoms with Crippen molar-refractivity contribution in [2.75, 3.05) is 20.3 Å². The number of carbonyl (C=O) groups is 1. The third-order valence-electron chi connectivity index (χ3n) is 7.81. The van der Waals surface area contributed by atoms with Gasteiger partial charge in [-0.2, -0.15) is 0 Å². The molecule has 0 N–H and O–H groups in total. The van der Waals surface area contributed by atoms with Crippen molar-refractivity contribution in [3.8, 4) is 0 Å². The van der Waals surface area contributed by atoms with Crippen molar-refractivity contribution in [2.24, 2.45) is 0 Å². The van der Waals surface area contributed by atoms with Crippen LogP contribution in [0.2, 0.25) is 18.1 Å². The third kappa shape index (κ3) is 6.54. The molecule has 2 atom stereocenters. The fourth-order valence-electron chi connectivity index (χ4n) is 4.43. The maximum atomic E-state index is 13.4. The molecular weight excluding hydrogens is 454 g/mol. The summed E-state index contributed by atoms with van der Waals surface area (Å²) in [6.45, 7) is 15.3. The van der Waals surface area contributed by atoms with Gasteiger partial charge in [0.2, 0.25) is 0 Å². The summed E-state index contributed by atoms with van der Waals surface area (Å²) in [5.41, 5.74) is 2.66. The monoisotopic (exact) mass is 497 g/mol. The number of ether oxygens (including phenoxy) is 2. The summed E-state index contributed by atoms with van der Waals surface area (Å²) in [5.74, 6) is 0. The van der Waals surface area contributed by atoms with Crippen LogP contribution < -0.4 is 0 Å². The van der Waals surface area contributed by atoms with Crippen molar-refractivity contribution in [2.45, 2.75) is 83.3 Å². The minimum atomic E-state index is -1.81. The highest BCUT2D eigenvalue weighted by Gasteiger charge is 2.43. The molecule has 1 unspecified atom stereocenters. The zero-order valence-electron chi connectivity index (χ0n) is 22.6. The van der Waals surface area contributed by atoms with Crippen molar-refractivity contribution in [3.63, 3.8) is 0 Å². The van der Waals surface area contributed by atoms with Crippen LogP contribution >= 0.6 is 0 Å². The normalized spacial score (nSPS) is 20.0. The molecule has 1 amide bonds. The number of carbonyl (C=O) groups excluding carboxylic acids is 1. The van der Waals surface area contributed by atoms with Gasteiger partial charge in [0.15, 0.2) is 8.32 Å². The predicted molar refractivity (Wildman–Crippen MR) is 144 cm³/mol. The Labute approximate surface area is 212 Å². The van der Waals surface area contributed by atoms with E-state index in [0.717, 1.165) is 36.0 Å². The molecule has 0 bridgehead atoms. The second-order valence-electron chi connectivity index (χ2n) is 11.2. The summed E-state index contributed by atoms with van der Waals surface area (Å²) in [4.78, 5) is 15.2. The van der Waals surface area contributed by atoms with Crippen LogP contribution in [0.4, 0.5) is 4.79 Å². The van der Waals surface area contributed by atoms with Crippen LogP contribution in [0.3, 0.4) is 0 Å². The quantitative estimate of drug-likeness (QED) is 0.253. The number of methoxy groups -OCH3 is 1. The molecular formula is C29H43NO4Si. The summed E-state index contributed by atoms with van der Waals surface area (Å²) in [6.07, 6.45) is 2.12. The smallest absolute Gasteiger partial charge is 0.411 e. The average Bonchev–Trinajstić information content (AvgIpc) is 2.82. The van der Waals surface area contributed by atoms with Gasteiger partial charge in [0.1, 0.15) is 5.60 Å². The summed E-state index contributed by atoms with van der Waals surface area (Å²) in [5, 5.41) is 0.180. The van der Waals surface area contributed by atoms with Crippen LogP contribution in [0.5, 0.6) is 0 Å². The van der Waals surface area contributed by atoms with Gasteiger partial charge in [0.25, 0.3) is 0 Å². The zero-order chi connectivity index (χ0) is 25.7. The molecule has 1 aliphatic rings. The van der Waals surface area contributed by atoms with Crippen LogP contribution in [0, 0.1) is 0 Å². The Morgan fingerprint density at radius 3 is 2.31 bits per heavy atom. The standard InChI is InChI=1S/C29H43NO4Si/c1-23(25-16-14-24(15-17-25)22-32-5)30-20-19-29(34-27(30)31,26-12-9-8-10-13-26)18-11-21-33-35(6,7)28(2,3)4/h8-10,12-17,23H,11,18-22H2,1-7H3/t23-,29?/m0/s1. The molecule has 3 rings (SSSR count). The largest absolute Gasteiger partial charge is 0.438 e. The molecule has 6 heteroatoms. The van der Waals surface area contributed by atoms with Crippen LogP contribution in [-0.4, -0.2) is 39.6 Å². The van der Waals surface area contributed by atoms with Crippen LogP contribution in [0.1, 0.15) is 69.7 Å². The van der Waals surface area contributed by atoms with Gasteiger partial charge in [-0.05, 0) is 54.6 Å². The van der Waals surface area contributed by atoms with E-state index >= 15 is 0 Å². The molecule has 0 aromatic heterocycles. The number of rotatable bonds is 10. The topological polar surface area (TPSA) is 48.0 Å². The molecule has 0 saturated carbocycles. The van der Waals surface area contributed by atoms with Crippen molar-refractivity contribution in [3.05, 3.63) is 71.3 Å². The number of cyclic esters (lactones) is 1. The highest BCUT2D eigenvalue weighted by atomic mass is 28.4. The Kier molecular flexibility index (Phi) is 8.84. The zero-order valence-corrected chi connectivity index (χ0v) is 23.6. The molecule has 192 valence electrons. The molecule has 0 aliphatic carbocycles. The van der Waals surface area contributed by atoms with Gasteiger partial charge in [-0.25, -0.2) is 4.79 Å². The maximum absolute atomic E-state index is 13.4. The van der Waals surface area contributed by atoms with Crippen molar-refractivity contribution in [1.29, 1.82) is 0 Å². The second kappa shape index (κ2) is 11.3. The van der Waals surface area contributed by atoms with Gasteiger partial charge in [-0.3, -0.25) is 0 Å². The van der Waals surface area contributed by atoms with E-state index in [-0.39, 0.29) is 17.2 Å². The molecule has 1 heterocycles. The number of amides is 1. The predicted octanol–water partition coefficient (Wildman–Crippen LogP) is 7.43. The third-order valence-corrected chi connectivity index (χ3v) is 12.3. The Hall–Kier alpha value is -2.15. The number of benzene rings is 2. The number of hydrogen-bond donors (Lipinski definition) is 0. The van der Waals surface area contributed by atoms with E-state index in [0.29, 0.717) is 19.8 Å². The van der Waals surface area contributed by atoms with E-state index in [1.54, 1.807) is 7.11 Å². The molecule has 0 spiro atoms. The van der Waals surface area contributed by atoms with Gasteiger partial charge in [0.05, 0.1) is 12.6 Å². The molecule has 1 fully saturated rings. The van der Waals surface area contributed by atoms with Crippen molar-refractivity contribution < 1.29 is 18.7 Å². The Morgan fingerprint density at radius 1 is 1.09 bits per heavy atom. The molecule has 5 nitrogen and oxygen atoms in total. The second-order valence-corrected chi connectivity index (χ2v) is 16.0. The lowest BCUT2D eigenvalue weighted by molar-refractivity contribution is -0.0678. The molecule has 0 radical (unpaired) electrons. The maximum Gasteiger partial charge on any atom is 0.411 e. The van der Waals surface area contributed by atoms with Gasteiger partial charge < -0.3 is 18.8 Å². The number of hydrogen-bond acceptors (Lipinski definition) is 4. The summed E-state index contributed by atoms with van der Waals surface area (Å²) in [6, 6.07) is 18.4. The minimum absolute atomic E-state index is 0.0604. The molecule has 1 saturated heterocycles. The number of nitrogens with zero attached hydrogens (tertiary/aromatic N) is 1. The highest BCUT2D eigenvalue weighted by Crippen LogP contribution is 2.41. The summed E-state index contributed by atoms with van der Waals surface area (Å²) in [7, 11) is -0.112. The van der Waals surface area contributed by atoms with E-state index in [1.807, 2.05) is 23.1 Å².